The summed E-state index contributed by atoms with van der Waals surface area (Å²) in [5.41, 5.74) is 6.65. The smallest absolute Gasteiger partial charge is 0.407 e. The van der Waals surface area contributed by atoms with Crippen LogP contribution in [0.15, 0.2) is 121 Å². The van der Waals surface area contributed by atoms with Gasteiger partial charge >= 0.3 is 6.09 Å². The summed E-state index contributed by atoms with van der Waals surface area (Å²) in [7, 11) is 1.77. The van der Waals surface area contributed by atoms with Crippen LogP contribution in [0.1, 0.15) is 28.2 Å². The molecule has 0 aliphatic heterocycles. The van der Waals surface area contributed by atoms with Crippen molar-refractivity contribution in [3.05, 3.63) is 144 Å². The van der Waals surface area contributed by atoms with Gasteiger partial charge in [-0.15, -0.1) is 0 Å². The summed E-state index contributed by atoms with van der Waals surface area (Å²) >= 11 is 0. The van der Waals surface area contributed by atoms with Crippen LogP contribution in [0.2, 0.25) is 0 Å². The van der Waals surface area contributed by atoms with Crippen LogP contribution in [-0.2, 0) is 22.5 Å². The number of rotatable bonds is 8. The molecule has 1 atom stereocenters. The van der Waals surface area contributed by atoms with Crippen molar-refractivity contribution in [2.75, 3.05) is 13.7 Å². The number of hydrogen-bond donors (Lipinski definition) is 1. The molecule has 5 heteroatoms. The van der Waals surface area contributed by atoms with Crippen molar-refractivity contribution < 1.29 is 14.3 Å². The molecule has 1 N–H and O–H groups in total. The van der Waals surface area contributed by atoms with E-state index < -0.39 is 12.1 Å². The van der Waals surface area contributed by atoms with E-state index in [0.29, 0.717) is 13.0 Å². The predicted molar refractivity (Wildman–Crippen MR) is 163 cm³/mol. The number of benzene rings is 5. The van der Waals surface area contributed by atoms with E-state index in [9.17, 15) is 9.59 Å². The second-order valence-electron chi connectivity index (χ2n) is 10.5. The average molecular weight is 541 g/mol. The molecule has 0 aromatic heterocycles. The van der Waals surface area contributed by atoms with Crippen molar-refractivity contribution in [2.45, 2.75) is 24.9 Å². The lowest BCUT2D eigenvalue weighted by molar-refractivity contribution is -0.132. The Bertz CT molecular complexity index is 1650. The summed E-state index contributed by atoms with van der Waals surface area (Å²) in [6.45, 7) is 0.632. The predicted octanol–water partition coefficient (Wildman–Crippen LogP) is 6.95. The lowest BCUT2D eigenvalue weighted by Crippen LogP contribution is -2.48. The van der Waals surface area contributed by atoms with Crippen LogP contribution >= 0.6 is 0 Å². The van der Waals surface area contributed by atoms with Gasteiger partial charge in [-0.3, -0.25) is 4.79 Å². The Hall–Kier alpha value is -4.90. The first kappa shape index (κ1) is 26.3. The Balaban J connectivity index is 1.21. The van der Waals surface area contributed by atoms with Crippen LogP contribution in [0.4, 0.5) is 4.79 Å². The fourth-order valence-electron chi connectivity index (χ4n) is 5.87. The number of likely N-dealkylation sites (N-methyl/N-ethyl adjacent to an activating group) is 1. The van der Waals surface area contributed by atoms with Gasteiger partial charge in [-0.05, 0) is 44.2 Å². The summed E-state index contributed by atoms with van der Waals surface area (Å²) in [5, 5.41) is 5.07. The summed E-state index contributed by atoms with van der Waals surface area (Å²) in [4.78, 5) is 28.7. The fraction of sp³-hybridized carbons (Fsp3) is 0.167. The fourth-order valence-corrected chi connectivity index (χ4v) is 5.87. The Kier molecular flexibility index (Phi) is 7.50. The van der Waals surface area contributed by atoms with Gasteiger partial charge in [0, 0.05) is 25.9 Å². The average Bonchev–Trinajstić information content (AvgIpc) is 3.33. The molecule has 5 aromatic carbocycles. The molecule has 5 nitrogen and oxygen atoms in total. The van der Waals surface area contributed by atoms with Gasteiger partial charge < -0.3 is 15.0 Å². The van der Waals surface area contributed by atoms with Crippen molar-refractivity contribution in [1.29, 1.82) is 0 Å². The zero-order valence-corrected chi connectivity index (χ0v) is 23.0. The van der Waals surface area contributed by atoms with E-state index in [1.165, 1.54) is 11.1 Å². The van der Waals surface area contributed by atoms with E-state index in [1.54, 1.807) is 11.9 Å². The molecule has 5 aromatic rings. The summed E-state index contributed by atoms with van der Waals surface area (Å²) in [6.07, 6.45) is -0.248. The quantitative estimate of drug-likeness (QED) is 0.232. The van der Waals surface area contributed by atoms with Crippen LogP contribution in [0.25, 0.3) is 21.9 Å². The SMILES string of the molecule is CN(Cc1ccccc1)C(=O)[C@@H](Cc1cccc2ccccc12)NC(=O)OCC1c2ccccc2-c2ccccc21. The maximum absolute atomic E-state index is 13.8. The third-order valence-corrected chi connectivity index (χ3v) is 7.88. The molecule has 0 radical (unpaired) electrons. The van der Waals surface area contributed by atoms with Crippen LogP contribution in [0.3, 0.4) is 0 Å². The van der Waals surface area contributed by atoms with E-state index in [4.69, 9.17) is 4.74 Å². The maximum Gasteiger partial charge on any atom is 0.407 e. The van der Waals surface area contributed by atoms with Gasteiger partial charge in [0.25, 0.3) is 0 Å². The Labute approximate surface area is 240 Å². The molecule has 0 bridgehead atoms. The number of nitrogens with one attached hydrogen (secondary N) is 1. The first-order chi connectivity index (χ1) is 20.1. The zero-order chi connectivity index (χ0) is 28.2. The highest BCUT2D eigenvalue weighted by Crippen LogP contribution is 2.44. The Morgan fingerprint density at radius 3 is 2.10 bits per heavy atom. The van der Waals surface area contributed by atoms with Crippen molar-refractivity contribution >= 4 is 22.8 Å². The molecule has 0 fully saturated rings. The minimum absolute atomic E-state index is 0.0545. The Morgan fingerprint density at radius 1 is 0.756 bits per heavy atom. The topological polar surface area (TPSA) is 58.6 Å². The number of nitrogens with zero attached hydrogens (tertiary/aromatic N) is 1. The number of alkyl carbamates (subject to hydrolysis) is 1. The standard InChI is InChI=1S/C36H32N2O3/c1-38(23-25-12-3-2-4-13-25)35(39)34(22-27-16-11-15-26-14-5-6-17-28(26)27)37-36(40)41-24-33-31-20-9-7-18-29(31)30-19-8-10-21-32(30)33/h2-21,33-34H,22-24H2,1H3,(H,37,40)/t34-/m1/s1. The number of carbonyl (C=O) groups is 2. The Morgan fingerprint density at radius 2 is 1.37 bits per heavy atom. The molecule has 0 unspecified atom stereocenters. The highest BCUT2D eigenvalue weighted by atomic mass is 16.5. The monoisotopic (exact) mass is 540 g/mol. The van der Waals surface area contributed by atoms with Gasteiger partial charge in [0.2, 0.25) is 5.91 Å². The molecule has 0 saturated heterocycles. The second kappa shape index (κ2) is 11.7. The molecule has 1 aliphatic carbocycles. The van der Waals surface area contributed by atoms with E-state index in [2.05, 4.69) is 41.7 Å². The molecular formula is C36H32N2O3. The van der Waals surface area contributed by atoms with Crippen molar-refractivity contribution in [3.63, 3.8) is 0 Å². The normalized spacial score (nSPS) is 12.8. The van der Waals surface area contributed by atoms with Gasteiger partial charge in [-0.1, -0.05) is 121 Å². The number of fused-ring (bicyclic) bond motifs is 4. The lowest BCUT2D eigenvalue weighted by atomic mass is 9.98. The first-order valence-corrected chi connectivity index (χ1v) is 14.0. The zero-order valence-electron chi connectivity index (χ0n) is 23.0. The lowest BCUT2D eigenvalue weighted by Gasteiger charge is -2.25. The number of amides is 2. The minimum atomic E-state index is -0.787. The highest BCUT2D eigenvalue weighted by molar-refractivity contribution is 5.89. The van der Waals surface area contributed by atoms with Gasteiger partial charge in [-0.25, -0.2) is 4.79 Å². The van der Waals surface area contributed by atoms with Crippen molar-refractivity contribution in [1.82, 2.24) is 10.2 Å². The van der Waals surface area contributed by atoms with E-state index >= 15 is 0 Å². The molecule has 0 spiro atoms. The third-order valence-electron chi connectivity index (χ3n) is 7.88. The molecule has 204 valence electrons. The number of ether oxygens (including phenoxy) is 1. The third kappa shape index (κ3) is 5.57. The summed E-state index contributed by atoms with van der Waals surface area (Å²) < 4.78 is 5.82. The summed E-state index contributed by atoms with van der Waals surface area (Å²) in [5.74, 6) is -0.226. The van der Waals surface area contributed by atoms with Crippen LogP contribution in [0.5, 0.6) is 0 Å². The highest BCUT2D eigenvalue weighted by Gasteiger charge is 2.30. The minimum Gasteiger partial charge on any atom is -0.449 e. The number of carbonyl (C=O) groups excluding carboxylic acids is 2. The molecule has 1 aliphatic rings. The van der Waals surface area contributed by atoms with Crippen molar-refractivity contribution in [3.8, 4) is 11.1 Å². The molecule has 41 heavy (non-hydrogen) atoms. The largest absolute Gasteiger partial charge is 0.449 e. The number of hydrogen-bond acceptors (Lipinski definition) is 3. The van der Waals surface area contributed by atoms with Gasteiger partial charge in [0.15, 0.2) is 0 Å². The van der Waals surface area contributed by atoms with Gasteiger partial charge in [-0.2, -0.15) is 0 Å². The van der Waals surface area contributed by atoms with Crippen LogP contribution in [0, 0.1) is 0 Å². The molecule has 0 heterocycles. The van der Waals surface area contributed by atoms with E-state index in [-0.39, 0.29) is 18.4 Å². The molecule has 2 amide bonds. The molecule has 0 saturated carbocycles. The molecule has 6 rings (SSSR count). The van der Waals surface area contributed by atoms with E-state index in [1.807, 2.05) is 84.9 Å². The van der Waals surface area contributed by atoms with Crippen LogP contribution < -0.4 is 5.32 Å². The molecular weight excluding hydrogens is 508 g/mol. The van der Waals surface area contributed by atoms with Crippen LogP contribution in [-0.4, -0.2) is 36.6 Å². The summed E-state index contributed by atoms with van der Waals surface area (Å²) in [6, 6.07) is 39.7. The maximum atomic E-state index is 13.8. The second-order valence-corrected chi connectivity index (χ2v) is 10.5. The van der Waals surface area contributed by atoms with Gasteiger partial charge in [0.1, 0.15) is 12.6 Å². The first-order valence-electron chi connectivity index (χ1n) is 14.0. The van der Waals surface area contributed by atoms with E-state index in [0.717, 1.165) is 33.0 Å². The van der Waals surface area contributed by atoms with Gasteiger partial charge in [0.05, 0.1) is 0 Å². The van der Waals surface area contributed by atoms with Crippen molar-refractivity contribution in [2.24, 2.45) is 0 Å².